The molecule has 0 aromatic heterocycles. The van der Waals surface area contributed by atoms with Crippen molar-refractivity contribution in [2.45, 2.75) is 0 Å². The van der Waals surface area contributed by atoms with Crippen molar-refractivity contribution in [2.75, 3.05) is 68.1 Å². The van der Waals surface area contributed by atoms with Gasteiger partial charge in [-0.3, -0.25) is 14.5 Å². The van der Waals surface area contributed by atoms with Crippen LogP contribution >= 0.6 is 11.6 Å². The van der Waals surface area contributed by atoms with Gasteiger partial charge in [-0.1, -0.05) is 29.8 Å². The van der Waals surface area contributed by atoms with Gasteiger partial charge in [0.1, 0.15) is 0 Å². The highest BCUT2D eigenvalue weighted by Gasteiger charge is 2.28. The Balaban J connectivity index is 1.39. The van der Waals surface area contributed by atoms with Gasteiger partial charge in [0, 0.05) is 60.9 Å². The lowest BCUT2D eigenvalue weighted by Gasteiger charge is -2.32. The highest BCUT2D eigenvalue weighted by Crippen LogP contribution is 2.39. The highest BCUT2D eigenvalue weighted by molar-refractivity contribution is 6.38. The van der Waals surface area contributed by atoms with Crippen molar-refractivity contribution in [1.82, 2.24) is 9.80 Å². The predicted molar refractivity (Wildman–Crippen MR) is 155 cm³/mol. The first-order chi connectivity index (χ1) is 18.3. The molecule has 0 saturated carbocycles. The third-order valence-corrected chi connectivity index (χ3v) is 7.26. The minimum absolute atomic E-state index is 0.0536. The SMILES string of the molecule is CN1CCN(CC(=O)N(C)c2ccc(N/C(=C3\C(=O)Nc4cc(Cl)ccc43)c3ccc(N)cc3)cc2)CC1. The molecule has 8 nitrogen and oxygen atoms in total. The first-order valence-corrected chi connectivity index (χ1v) is 12.9. The third-order valence-electron chi connectivity index (χ3n) is 7.03. The number of nitrogens with two attached hydrogens (primary N) is 1. The van der Waals surface area contributed by atoms with Crippen LogP contribution in [0.15, 0.2) is 66.7 Å². The van der Waals surface area contributed by atoms with Gasteiger partial charge >= 0.3 is 0 Å². The molecule has 0 spiro atoms. The number of nitrogen functional groups attached to an aromatic ring is 1. The third kappa shape index (κ3) is 5.52. The molecule has 3 aromatic rings. The number of carbonyl (C=O) groups excluding carboxylic acids is 2. The summed E-state index contributed by atoms with van der Waals surface area (Å²) in [4.78, 5) is 32.1. The average Bonchev–Trinajstić information content (AvgIpc) is 3.23. The zero-order valence-corrected chi connectivity index (χ0v) is 22.3. The maximum absolute atomic E-state index is 13.1. The molecule has 3 aromatic carbocycles. The zero-order chi connectivity index (χ0) is 26.8. The molecule has 0 radical (unpaired) electrons. The van der Waals surface area contributed by atoms with Crippen molar-refractivity contribution in [3.05, 3.63) is 82.9 Å². The molecule has 9 heteroatoms. The fourth-order valence-corrected chi connectivity index (χ4v) is 4.85. The molecule has 0 bridgehead atoms. The summed E-state index contributed by atoms with van der Waals surface area (Å²) in [5.74, 6) is -0.162. The number of nitrogens with zero attached hydrogens (tertiary/aromatic N) is 3. The fraction of sp³-hybridized carbons (Fsp3) is 0.241. The summed E-state index contributed by atoms with van der Waals surface area (Å²) < 4.78 is 0. The largest absolute Gasteiger partial charge is 0.399 e. The summed E-state index contributed by atoms with van der Waals surface area (Å²) in [7, 11) is 3.90. The van der Waals surface area contributed by atoms with Crippen LogP contribution in [0.5, 0.6) is 0 Å². The smallest absolute Gasteiger partial charge is 0.258 e. The molecule has 0 unspecified atom stereocenters. The van der Waals surface area contributed by atoms with Crippen molar-refractivity contribution in [3.8, 4) is 0 Å². The normalized spacial score (nSPS) is 17.1. The molecule has 1 saturated heterocycles. The lowest BCUT2D eigenvalue weighted by molar-refractivity contribution is -0.119. The van der Waals surface area contributed by atoms with Crippen LogP contribution in [0.1, 0.15) is 11.1 Å². The van der Waals surface area contributed by atoms with Gasteiger partial charge < -0.3 is 26.2 Å². The van der Waals surface area contributed by atoms with Crippen LogP contribution in [0.3, 0.4) is 0 Å². The number of benzene rings is 3. The van der Waals surface area contributed by atoms with Gasteiger partial charge in [-0.15, -0.1) is 0 Å². The summed E-state index contributed by atoms with van der Waals surface area (Å²) >= 11 is 6.16. The summed E-state index contributed by atoms with van der Waals surface area (Å²) in [6.45, 7) is 4.13. The second-order valence-corrected chi connectivity index (χ2v) is 10.2. The Labute approximate surface area is 227 Å². The Morgan fingerprint density at radius 1 is 1.03 bits per heavy atom. The monoisotopic (exact) mass is 530 g/mol. The van der Waals surface area contributed by atoms with Crippen LogP contribution in [-0.4, -0.2) is 68.4 Å². The van der Waals surface area contributed by atoms with Crippen molar-refractivity contribution in [2.24, 2.45) is 0 Å². The molecule has 2 amide bonds. The number of halogens is 1. The van der Waals surface area contributed by atoms with Gasteiger partial charge in [-0.25, -0.2) is 0 Å². The van der Waals surface area contributed by atoms with E-state index in [9.17, 15) is 9.59 Å². The van der Waals surface area contributed by atoms with E-state index in [-0.39, 0.29) is 11.8 Å². The van der Waals surface area contributed by atoms with E-state index in [0.717, 1.165) is 48.7 Å². The number of piperazine rings is 1. The minimum atomic E-state index is -0.215. The minimum Gasteiger partial charge on any atom is -0.399 e. The quantitative estimate of drug-likeness (QED) is 0.329. The van der Waals surface area contributed by atoms with E-state index in [1.54, 1.807) is 36.2 Å². The standard InChI is InChI=1S/C29H31ClN6O2/c1-34-13-15-36(16-14-34)18-26(37)35(2)23-10-8-22(9-11-23)32-28(19-3-6-21(31)7-4-19)27-24-12-5-20(30)17-25(24)33-29(27)38/h3-12,17,32H,13-16,18,31H2,1-2H3,(H,33,38)/b28-27-. The highest BCUT2D eigenvalue weighted by atomic mass is 35.5. The predicted octanol–water partition coefficient (Wildman–Crippen LogP) is 4.06. The Hall–Kier alpha value is -3.85. The first-order valence-electron chi connectivity index (χ1n) is 12.5. The van der Waals surface area contributed by atoms with Gasteiger partial charge in [0.05, 0.1) is 23.5 Å². The molecule has 1 fully saturated rings. The van der Waals surface area contributed by atoms with Crippen molar-refractivity contribution in [3.63, 3.8) is 0 Å². The Bertz CT molecular complexity index is 1380. The number of rotatable bonds is 6. The number of anilines is 4. The summed E-state index contributed by atoms with van der Waals surface area (Å²) in [5, 5.41) is 6.90. The Kier molecular flexibility index (Phi) is 7.37. The number of hydrogen-bond acceptors (Lipinski definition) is 6. The molecular weight excluding hydrogens is 500 g/mol. The number of likely N-dealkylation sites (N-methyl/N-ethyl adjacent to an activating group) is 2. The van der Waals surface area contributed by atoms with Gasteiger partial charge in [-0.2, -0.15) is 0 Å². The Morgan fingerprint density at radius 3 is 2.39 bits per heavy atom. The molecule has 0 aliphatic carbocycles. The summed E-state index contributed by atoms with van der Waals surface area (Å²) in [6, 6.07) is 20.3. The van der Waals surface area contributed by atoms with Crippen LogP contribution in [0.2, 0.25) is 5.02 Å². The van der Waals surface area contributed by atoms with Crippen LogP contribution in [0, 0.1) is 0 Å². The van der Waals surface area contributed by atoms with Crippen LogP contribution in [0.4, 0.5) is 22.7 Å². The van der Waals surface area contributed by atoms with Crippen LogP contribution < -0.4 is 21.3 Å². The van der Waals surface area contributed by atoms with Gasteiger partial charge in [0.2, 0.25) is 5.91 Å². The molecule has 2 aliphatic rings. The molecule has 2 aliphatic heterocycles. The lowest BCUT2D eigenvalue weighted by atomic mass is 10.00. The topological polar surface area (TPSA) is 93.9 Å². The van der Waals surface area contributed by atoms with E-state index in [1.165, 1.54) is 0 Å². The number of carbonyl (C=O) groups is 2. The maximum atomic E-state index is 13.1. The second-order valence-electron chi connectivity index (χ2n) is 9.72. The fourth-order valence-electron chi connectivity index (χ4n) is 4.68. The lowest BCUT2D eigenvalue weighted by Crippen LogP contribution is -2.48. The van der Waals surface area contributed by atoms with Gasteiger partial charge in [-0.05, 0) is 61.1 Å². The number of amides is 2. The molecule has 0 atom stereocenters. The Morgan fingerprint density at radius 2 is 1.71 bits per heavy atom. The zero-order valence-electron chi connectivity index (χ0n) is 21.5. The number of hydrogen-bond donors (Lipinski definition) is 3. The first kappa shape index (κ1) is 25.8. The molecular formula is C29H31ClN6O2. The number of nitrogens with one attached hydrogen (secondary N) is 2. The van der Waals surface area contributed by atoms with E-state index >= 15 is 0 Å². The van der Waals surface area contributed by atoms with E-state index in [4.69, 9.17) is 17.3 Å². The van der Waals surface area contributed by atoms with Crippen molar-refractivity contribution in [1.29, 1.82) is 0 Å². The second kappa shape index (κ2) is 10.9. The van der Waals surface area contributed by atoms with Crippen molar-refractivity contribution < 1.29 is 9.59 Å². The summed E-state index contributed by atoms with van der Waals surface area (Å²) in [6.07, 6.45) is 0. The molecule has 38 heavy (non-hydrogen) atoms. The molecule has 196 valence electrons. The molecule has 5 rings (SSSR count). The molecule has 4 N–H and O–H groups in total. The average molecular weight is 531 g/mol. The van der Waals surface area contributed by atoms with Crippen molar-refractivity contribution >= 4 is 57.4 Å². The van der Waals surface area contributed by atoms with E-state index in [0.29, 0.717) is 34.2 Å². The van der Waals surface area contributed by atoms with Gasteiger partial charge in [0.15, 0.2) is 0 Å². The number of fused-ring (bicyclic) bond motifs is 1. The maximum Gasteiger partial charge on any atom is 0.258 e. The van der Waals surface area contributed by atoms with E-state index < -0.39 is 0 Å². The van der Waals surface area contributed by atoms with E-state index in [2.05, 4.69) is 27.5 Å². The molecule has 2 heterocycles. The van der Waals surface area contributed by atoms with Crippen LogP contribution in [0.25, 0.3) is 11.3 Å². The summed E-state index contributed by atoms with van der Waals surface area (Å²) in [5.41, 5.74) is 11.6. The van der Waals surface area contributed by atoms with Crippen LogP contribution in [-0.2, 0) is 9.59 Å². The van der Waals surface area contributed by atoms with E-state index in [1.807, 2.05) is 42.5 Å². The van der Waals surface area contributed by atoms with Gasteiger partial charge in [0.25, 0.3) is 5.91 Å².